The van der Waals surface area contributed by atoms with E-state index in [2.05, 4.69) is 4.74 Å². The molecule has 0 radical (unpaired) electrons. The molecule has 0 atom stereocenters. The Balaban J connectivity index is 0. The van der Waals surface area contributed by atoms with Crippen LogP contribution in [0.1, 0.15) is 10.4 Å². The second-order valence-electron chi connectivity index (χ2n) is 2.28. The maximum atomic E-state index is 10.6. The number of benzene rings is 1. The predicted octanol–water partition coefficient (Wildman–Crippen LogP) is 1.07. The number of thiol groups is 1. The molecule has 0 aliphatic heterocycles. The maximum absolute atomic E-state index is 10.6. The minimum absolute atomic E-state index is 0. The van der Waals surface area contributed by atoms with E-state index in [1.807, 2.05) is 0 Å². The normalized spacial score (nSPS) is 8.00. The summed E-state index contributed by atoms with van der Waals surface area (Å²) in [6.07, 6.45) is -1.15. The van der Waals surface area contributed by atoms with Gasteiger partial charge in [-0.15, -0.1) is 0 Å². The van der Waals surface area contributed by atoms with Crippen molar-refractivity contribution in [3.8, 4) is 5.75 Å². The van der Waals surface area contributed by atoms with E-state index in [-0.39, 0.29) is 50.4 Å². The monoisotopic (exact) mass is 450 g/mol. The van der Waals surface area contributed by atoms with E-state index < -0.39 is 12.0 Å². The molecule has 0 aliphatic carbocycles. The van der Waals surface area contributed by atoms with Gasteiger partial charge in [-0.1, -0.05) is 0 Å². The molecule has 0 saturated heterocycles. The Labute approximate surface area is 117 Å². The zero-order valence-electron chi connectivity index (χ0n) is 7.56. The van der Waals surface area contributed by atoms with Crippen molar-refractivity contribution in [3.63, 3.8) is 0 Å². The molecule has 2 amide bonds. The van der Waals surface area contributed by atoms with Gasteiger partial charge < -0.3 is 29.7 Å². The summed E-state index contributed by atoms with van der Waals surface area (Å²) in [7, 11) is 0. The van der Waals surface area contributed by atoms with E-state index in [1.165, 1.54) is 24.3 Å². The van der Waals surface area contributed by atoms with Crippen LogP contribution < -0.4 is 10.5 Å². The van der Waals surface area contributed by atoms with Crippen molar-refractivity contribution in [3.05, 3.63) is 35.6 Å². The van der Waals surface area contributed by atoms with Crippen molar-refractivity contribution in [1.82, 2.24) is 0 Å². The van der Waals surface area contributed by atoms with Crippen LogP contribution in [-0.2, 0) is 13.5 Å². The van der Waals surface area contributed by atoms with Crippen LogP contribution >= 0.6 is 0 Å². The number of nitrogens with two attached hydrogens (primary N) is 1. The minimum Gasteiger partial charge on any atom is -0.813 e. The summed E-state index contributed by atoms with van der Waals surface area (Å²) in [5.74, 6) is -0.339. The molecule has 5 nitrogen and oxygen atoms in total. The molecule has 0 unspecified atom stereocenters. The summed E-state index contributed by atoms with van der Waals surface area (Å²) in [5, 5.41) is 0. The first-order chi connectivity index (χ1) is 6.09. The number of amides is 2. The van der Waals surface area contributed by atoms with Crippen LogP contribution in [0.25, 0.3) is 5.73 Å². The molecule has 0 saturated carbocycles. The first kappa shape index (κ1) is 16.8. The second-order valence-corrected chi connectivity index (χ2v) is 2.28. The molecule has 0 heterocycles. The fraction of sp³-hybridized carbons (Fsp3) is 0. The smallest absolute Gasteiger partial charge is 0.813 e. The van der Waals surface area contributed by atoms with Gasteiger partial charge in [-0.2, -0.15) is 0 Å². The molecule has 0 bridgehead atoms. The van der Waals surface area contributed by atoms with Crippen molar-refractivity contribution in [2.24, 2.45) is 5.73 Å². The van der Waals surface area contributed by atoms with Crippen molar-refractivity contribution in [1.29, 1.82) is 0 Å². The number of hydrogen-bond donors (Lipinski definition) is 1. The molecular formula is C8H8N2O3SU. The van der Waals surface area contributed by atoms with Gasteiger partial charge in [0.1, 0.15) is 5.75 Å². The SMILES string of the molecule is [NH-]C(=O)Oc1ccc(C(N)=O)cc1.[SH-].[U+2]. The van der Waals surface area contributed by atoms with Crippen LogP contribution in [-0.4, -0.2) is 12.0 Å². The number of rotatable bonds is 2. The topological polar surface area (TPSA) is 93.2 Å². The predicted molar refractivity (Wildman–Crippen MR) is 54.1 cm³/mol. The van der Waals surface area contributed by atoms with Crippen molar-refractivity contribution in [2.45, 2.75) is 0 Å². The second kappa shape index (κ2) is 7.63. The Hall–Kier alpha value is -0.638. The summed E-state index contributed by atoms with van der Waals surface area (Å²) < 4.78 is 4.42. The summed E-state index contributed by atoms with van der Waals surface area (Å²) >= 11 is 0. The largest absolute Gasteiger partial charge is 2.00 e. The summed E-state index contributed by atoms with van der Waals surface area (Å²) in [5.41, 5.74) is 11.8. The Morgan fingerprint density at radius 1 is 1.20 bits per heavy atom. The first-order valence-electron chi connectivity index (χ1n) is 3.43. The van der Waals surface area contributed by atoms with Crippen LogP contribution in [0.3, 0.4) is 0 Å². The van der Waals surface area contributed by atoms with Gasteiger partial charge in [0.25, 0.3) is 0 Å². The molecule has 0 spiro atoms. The number of carbonyl (C=O) groups excluding carboxylic acids is 2. The number of ether oxygens (including phenoxy) is 1. The van der Waals surface area contributed by atoms with Gasteiger partial charge in [0.05, 0.1) is 0 Å². The average molecular weight is 450 g/mol. The van der Waals surface area contributed by atoms with E-state index in [9.17, 15) is 9.59 Å². The van der Waals surface area contributed by atoms with E-state index >= 15 is 0 Å². The van der Waals surface area contributed by atoms with Crippen LogP contribution in [0.15, 0.2) is 24.3 Å². The van der Waals surface area contributed by atoms with Crippen LogP contribution in [0.4, 0.5) is 4.79 Å². The van der Waals surface area contributed by atoms with E-state index in [0.29, 0.717) is 5.56 Å². The standard InChI is InChI=1S/C8H8N2O3.H2S.U/c9-7(11)5-1-3-6(4-2-5)13-8(10)12;;/h1-4H,(H4,9,10,11,12);1H2;/q;;+2/p-2. The van der Waals surface area contributed by atoms with Crippen molar-refractivity contribution in [2.75, 3.05) is 0 Å². The number of carbonyl (C=O) groups is 2. The summed E-state index contributed by atoms with van der Waals surface area (Å²) in [6, 6.07) is 5.63. The van der Waals surface area contributed by atoms with Crippen molar-refractivity contribution >= 4 is 25.5 Å². The summed E-state index contributed by atoms with van der Waals surface area (Å²) in [6.45, 7) is 0. The average Bonchev–Trinajstić information content (AvgIpc) is 2.04. The quantitative estimate of drug-likeness (QED) is 0.539. The van der Waals surface area contributed by atoms with Gasteiger partial charge in [-0.05, 0) is 24.3 Å². The molecule has 15 heavy (non-hydrogen) atoms. The zero-order chi connectivity index (χ0) is 9.84. The van der Waals surface area contributed by atoms with Gasteiger partial charge in [0.15, 0.2) is 0 Å². The molecule has 1 aromatic carbocycles. The minimum atomic E-state index is -1.15. The maximum Gasteiger partial charge on any atom is 2.00 e. The first-order valence-corrected chi connectivity index (χ1v) is 3.43. The Bertz CT molecular complexity index is 342. The Kier molecular flexibility index (Phi) is 8.53. The van der Waals surface area contributed by atoms with Crippen LogP contribution in [0, 0.1) is 31.1 Å². The third-order valence-electron chi connectivity index (χ3n) is 1.35. The molecule has 1 rings (SSSR count). The van der Waals surface area contributed by atoms with Gasteiger partial charge in [-0.25, -0.2) is 0 Å². The van der Waals surface area contributed by atoms with Crippen molar-refractivity contribution < 1.29 is 45.4 Å². The van der Waals surface area contributed by atoms with E-state index in [1.54, 1.807) is 0 Å². The molecule has 78 valence electrons. The molecule has 7 heteroatoms. The summed E-state index contributed by atoms with van der Waals surface area (Å²) in [4.78, 5) is 20.8. The van der Waals surface area contributed by atoms with Crippen LogP contribution in [0.2, 0.25) is 0 Å². The van der Waals surface area contributed by atoms with Gasteiger partial charge in [0, 0.05) is 5.56 Å². The Morgan fingerprint density at radius 2 is 1.67 bits per heavy atom. The third-order valence-corrected chi connectivity index (χ3v) is 1.35. The molecule has 0 aromatic heterocycles. The zero-order valence-corrected chi connectivity index (χ0v) is 12.6. The Morgan fingerprint density at radius 3 is 2.00 bits per heavy atom. The molecule has 0 aliphatic rings. The number of nitrogens with one attached hydrogen (secondary N) is 1. The van der Waals surface area contributed by atoms with E-state index in [0.717, 1.165) is 0 Å². The molecule has 3 N–H and O–H groups in total. The van der Waals surface area contributed by atoms with Crippen LogP contribution in [0.5, 0.6) is 5.75 Å². The number of hydrogen-bond acceptors (Lipinski definition) is 4. The number of primary amides is 1. The fourth-order valence-electron chi connectivity index (χ4n) is 0.794. The fourth-order valence-corrected chi connectivity index (χ4v) is 0.794. The molecular weight excluding hydrogens is 442 g/mol. The van der Waals surface area contributed by atoms with Gasteiger partial charge in [0.2, 0.25) is 12.0 Å². The molecule has 1 aromatic rings. The van der Waals surface area contributed by atoms with Gasteiger partial charge >= 0.3 is 31.1 Å². The molecule has 0 fully saturated rings. The van der Waals surface area contributed by atoms with Gasteiger partial charge in [-0.3, -0.25) is 9.59 Å². The third kappa shape index (κ3) is 5.72. The van der Waals surface area contributed by atoms with E-state index in [4.69, 9.17) is 11.5 Å².